The second-order valence-electron chi connectivity index (χ2n) is 3.05. The van der Waals surface area contributed by atoms with Crippen molar-refractivity contribution < 1.29 is 0 Å². The molecule has 72 valence electrons. The standard InChI is InChI=1S/C9H9IN4/c1-6-3-7(2)13-9(12-6)14-5-8(10)4-11-14/h3-5H,1-2H3. The summed E-state index contributed by atoms with van der Waals surface area (Å²) in [5.74, 6) is 0.630. The van der Waals surface area contributed by atoms with E-state index in [1.807, 2.05) is 26.1 Å². The number of aryl methyl sites for hydroxylation is 2. The van der Waals surface area contributed by atoms with Gasteiger partial charge in [0.2, 0.25) is 0 Å². The molecular formula is C9H9IN4. The van der Waals surface area contributed by atoms with Crippen LogP contribution in [0.1, 0.15) is 11.4 Å². The Balaban J connectivity index is 2.51. The maximum absolute atomic E-state index is 4.30. The lowest BCUT2D eigenvalue weighted by molar-refractivity contribution is 0.793. The summed E-state index contributed by atoms with van der Waals surface area (Å²) in [5, 5.41) is 4.15. The van der Waals surface area contributed by atoms with Crippen molar-refractivity contribution in [3.05, 3.63) is 33.4 Å². The Morgan fingerprint density at radius 2 is 1.86 bits per heavy atom. The van der Waals surface area contributed by atoms with Gasteiger partial charge < -0.3 is 0 Å². The highest BCUT2D eigenvalue weighted by Gasteiger charge is 2.03. The molecule has 0 radical (unpaired) electrons. The van der Waals surface area contributed by atoms with Crippen molar-refractivity contribution in [3.63, 3.8) is 0 Å². The average Bonchev–Trinajstić information content (AvgIpc) is 2.50. The quantitative estimate of drug-likeness (QED) is 0.755. The normalized spacial score (nSPS) is 10.5. The first-order valence-corrected chi connectivity index (χ1v) is 5.26. The van der Waals surface area contributed by atoms with Crippen molar-refractivity contribution >= 4 is 22.6 Å². The fourth-order valence-corrected chi connectivity index (χ4v) is 1.61. The Morgan fingerprint density at radius 1 is 1.21 bits per heavy atom. The lowest BCUT2D eigenvalue weighted by Gasteiger charge is -2.01. The van der Waals surface area contributed by atoms with Crippen molar-refractivity contribution in [1.29, 1.82) is 0 Å². The topological polar surface area (TPSA) is 43.6 Å². The zero-order chi connectivity index (χ0) is 10.1. The van der Waals surface area contributed by atoms with Gasteiger partial charge in [-0.2, -0.15) is 5.10 Å². The molecule has 2 heterocycles. The first-order chi connectivity index (χ1) is 6.65. The Labute approximate surface area is 95.5 Å². The lowest BCUT2D eigenvalue weighted by atomic mass is 10.4. The average molecular weight is 300 g/mol. The van der Waals surface area contributed by atoms with Crippen molar-refractivity contribution in [2.24, 2.45) is 0 Å². The van der Waals surface area contributed by atoms with E-state index < -0.39 is 0 Å². The van der Waals surface area contributed by atoms with E-state index in [1.165, 1.54) is 0 Å². The molecule has 0 aliphatic carbocycles. The van der Waals surface area contributed by atoms with Gasteiger partial charge in [0.25, 0.3) is 5.95 Å². The molecular weight excluding hydrogens is 291 g/mol. The van der Waals surface area contributed by atoms with Gasteiger partial charge in [-0.15, -0.1) is 0 Å². The van der Waals surface area contributed by atoms with Crippen molar-refractivity contribution in [2.75, 3.05) is 0 Å². The smallest absolute Gasteiger partial charge is 0.216 e. The summed E-state index contributed by atoms with van der Waals surface area (Å²) in [6.45, 7) is 3.90. The van der Waals surface area contributed by atoms with Gasteiger partial charge >= 0.3 is 0 Å². The zero-order valence-electron chi connectivity index (χ0n) is 7.90. The van der Waals surface area contributed by atoms with Crippen molar-refractivity contribution in [2.45, 2.75) is 13.8 Å². The first kappa shape index (κ1) is 9.57. The maximum Gasteiger partial charge on any atom is 0.250 e. The number of nitrogens with zero attached hydrogens (tertiary/aromatic N) is 4. The highest BCUT2D eigenvalue weighted by atomic mass is 127. The van der Waals surface area contributed by atoms with Gasteiger partial charge in [-0.25, -0.2) is 14.6 Å². The van der Waals surface area contributed by atoms with Crippen LogP contribution in [-0.2, 0) is 0 Å². The molecule has 0 amide bonds. The molecule has 0 unspecified atom stereocenters. The molecule has 0 N–H and O–H groups in total. The molecule has 0 spiro atoms. The molecule has 2 aromatic heterocycles. The summed E-state index contributed by atoms with van der Waals surface area (Å²) < 4.78 is 2.76. The van der Waals surface area contributed by atoms with E-state index in [1.54, 1.807) is 10.9 Å². The Morgan fingerprint density at radius 3 is 2.36 bits per heavy atom. The van der Waals surface area contributed by atoms with Crippen LogP contribution in [0.4, 0.5) is 0 Å². The van der Waals surface area contributed by atoms with Gasteiger partial charge in [-0.1, -0.05) is 0 Å². The van der Waals surface area contributed by atoms with Crippen LogP contribution in [0, 0.1) is 17.4 Å². The summed E-state index contributed by atoms with van der Waals surface area (Å²) in [6.07, 6.45) is 3.68. The highest BCUT2D eigenvalue weighted by molar-refractivity contribution is 14.1. The monoisotopic (exact) mass is 300 g/mol. The van der Waals surface area contributed by atoms with Crippen molar-refractivity contribution in [3.8, 4) is 5.95 Å². The number of hydrogen-bond acceptors (Lipinski definition) is 3. The lowest BCUT2D eigenvalue weighted by Crippen LogP contribution is -2.03. The van der Waals surface area contributed by atoms with Crippen LogP contribution in [0.25, 0.3) is 5.95 Å². The van der Waals surface area contributed by atoms with Crippen LogP contribution >= 0.6 is 22.6 Å². The predicted octanol–water partition coefficient (Wildman–Crippen LogP) is 1.88. The molecule has 2 aromatic rings. The summed E-state index contributed by atoms with van der Waals surface area (Å²) >= 11 is 2.21. The molecule has 0 fully saturated rings. The van der Waals surface area contributed by atoms with E-state index in [-0.39, 0.29) is 0 Å². The summed E-state index contributed by atoms with van der Waals surface area (Å²) in [5.41, 5.74) is 1.91. The molecule has 5 heteroatoms. The van der Waals surface area contributed by atoms with Gasteiger partial charge in [0.05, 0.1) is 9.77 Å². The number of rotatable bonds is 1. The number of halogens is 1. The Hall–Kier alpha value is -0.980. The van der Waals surface area contributed by atoms with Crippen LogP contribution in [0.3, 0.4) is 0 Å². The third kappa shape index (κ3) is 1.92. The third-order valence-electron chi connectivity index (χ3n) is 1.73. The molecule has 2 rings (SSSR count). The van der Waals surface area contributed by atoms with E-state index in [9.17, 15) is 0 Å². The van der Waals surface area contributed by atoms with Gasteiger partial charge in [-0.3, -0.25) is 0 Å². The summed E-state index contributed by atoms with van der Waals surface area (Å²) in [7, 11) is 0. The second kappa shape index (κ2) is 3.64. The Kier molecular flexibility index (Phi) is 2.49. The van der Waals surface area contributed by atoms with Crippen LogP contribution in [0.2, 0.25) is 0 Å². The molecule has 14 heavy (non-hydrogen) atoms. The van der Waals surface area contributed by atoms with E-state index in [2.05, 4.69) is 37.7 Å². The second-order valence-corrected chi connectivity index (χ2v) is 4.30. The maximum atomic E-state index is 4.30. The number of aromatic nitrogens is 4. The Bertz CT molecular complexity index is 443. The minimum Gasteiger partial charge on any atom is -0.216 e. The fraction of sp³-hybridized carbons (Fsp3) is 0.222. The van der Waals surface area contributed by atoms with Crippen LogP contribution in [0.15, 0.2) is 18.5 Å². The van der Waals surface area contributed by atoms with Gasteiger partial charge in [0.1, 0.15) is 0 Å². The molecule has 4 nitrogen and oxygen atoms in total. The number of hydrogen-bond donors (Lipinski definition) is 0. The first-order valence-electron chi connectivity index (χ1n) is 4.18. The zero-order valence-corrected chi connectivity index (χ0v) is 10.1. The third-order valence-corrected chi connectivity index (χ3v) is 2.28. The highest BCUT2D eigenvalue weighted by Crippen LogP contribution is 2.07. The van der Waals surface area contributed by atoms with Crippen LogP contribution in [0.5, 0.6) is 0 Å². The molecule has 0 atom stereocenters. The fourth-order valence-electron chi connectivity index (χ4n) is 1.22. The molecule has 0 aliphatic heterocycles. The predicted molar refractivity (Wildman–Crippen MR) is 61.3 cm³/mol. The molecule has 0 saturated heterocycles. The summed E-state index contributed by atoms with van der Waals surface area (Å²) in [4.78, 5) is 8.61. The van der Waals surface area contributed by atoms with Crippen LogP contribution in [-0.4, -0.2) is 19.7 Å². The van der Waals surface area contributed by atoms with E-state index >= 15 is 0 Å². The SMILES string of the molecule is Cc1cc(C)nc(-n2cc(I)cn2)n1. The van der Waals surface area contributed by atoms with E-state index in [4.69, 9.17) is 0 Å². The minimum absolute atomic E-state index is 0.630. The van der Waals surface area contributed by atoms with Gasteiger partial charge in [-0.05, 0) is 42.5 Å². The largest absolute Gasteiger partial charge is 0.250 e. The van der Waals surface area contributed by atoms with Gasteiger partial charge in [0.15, 0.2) is 0 Å². The van der Waals surface area contributed by atoms with Crippen molar-refractivity contribution in [1.82, 2.24) is 19.7 Å². The molecule has 0 bridgehead atoms. The molecule has 0 aliphatic rings. The molecule has 0 saturated carbocycles. The summed E-state index contributed by atoms with van der Waals surface area (Å²) in [6, 6.07) is 1.94. The van der Waals surface area contributed by atoms with E-state index in [0.717, 1.165) is 15.0 Å². The van der Waals surface area contributed by atoms with Gasteiger partial charge in [0, 0.05) is 17.6 Å². The molecule has 0 aromatic carbocycles. The minimum atomic E-state index is 0.630. The van der Waals surface area contributed by atoms with Crippen LogP contribution < -0.4 is 0 Å². The van der Waals surface area contributed by atoms with E-state index in [0.29, 0.717) is 5.95 Å².